The summed E-state index contributed by atoms with van der Waals surface area (Å²) in [6.45, 7) is 0.835. The van der Waals surface area contributed by atoms with E-state index in [2.05, 4.69) is 5.32 Å². The van der Waals surface area contributed by atoms with Gasteiger partial charge < -0.3 is 69.1 Å². The summed E-state index contributed by atoms with van der Waals surface area (Å²) in [5.74, 6) is -4.15. The fourth-order valence-corrected chi connectivity index (χ4v) is 8.69. The number of benzene rings is 2. The Labute approximate surface area is 330 Å². The number of aliphatic hydroxyl groups excluding tert-OH is 5. The van der Waals surface area contributed by atoms with Crippen molar-refractivity contribution in [1.82, 2.24) is 5.32 Å². The number of ether oxygens (including phenoxy) is 7. The smallest absolute Gasteiger partial charge is 0.332 e. The molecule has 1 amide bonds. The fraction of sp³-hybridized carbons (Fsp3) is 0.659. The van der Waals surface area contributed by atoms with Gasteiger partial charge in [0.05, 0.1) is 18.6 Å². The van der Waals surface area contributed by atoms with Gasteiger partial charge in [-0.3, -0.25) is 4.79 Å². The number of carbonyl (C=O) groups excluding carboxylic acids is 1. The van der Waals surface area contributed by atoms with Crippen LogP contribution in [-0.4, -0.2) is 148 Å². The van der Waals surface area contributed by atoms with Crippen molar-refractivity contribution in [1.29, 1.82) is 0 Å². The van der Waals surface area contributed by atoms with Crippen molar-refractivity contribution in [3.63, 3.8) is 0 Å². The lowest BCUT2D eigenvalue weighted by atomic mass is 9.85. The Morgan fingerprint density at radius 3 is 2.11 bits per heavy atom. The van der Waals surface area contributed by atoms with Gasteiger partial charge in [0, 0.05) is 13.2 Å². The van der Waals surface area contributed by atoms with Gasteiger partial charge in [-0.15, -0.1) is 0 Å². The van der Waals surface area contributed by atoms with Gasteiger partial charge in [0.15, 0.2) is 24.5 Å². The van der Waals surface area contributed by atoms with E-state index in [0.717, 1.165) is 43.2 Å². The average molecular weight is 802 g/mol. The summed E-state index contributed by atoms with van der Waals surface area (Å²) < 4.78 is 43.0. The van der Waals surface area contributed by atoms with Crippen LogP contribution in [-0.2, 0) is 42.7 Å². The largest absolute Gasteiger partial charge is 0.479 e. The SMILES string of the molecule is CC12OCC3OC(OC4CCOC(CNC(=O)C(c5ccccc5)c5ccccc5)C4OC(O1)C(O)C(O)C2O)C(O)C(OC(CC1CCCCC1)C(=O)O)C3O. The molecule has 7 rings (SSSR count). The number of fused-ring (bicyclic) bond motifs is 5. The summed E-state index contributed by atoms with van der Waals surface area (Å²) >= 11 is 0. The van der Waals surface area contributed by atoms with Crippen molar-refractivity contribution in [2.24, 2.45) is 5.92 Å². The molecular weight excluding hydrogens is 746 g/mol. The van der Waals surface area contributed by atoms with Crippen LogP contribution in [0.2, 0.25) is 0 Å². The van der Waals surface area contributed by atoms with Crippen LogP contribution in [0.4, 0.5) is 0 Å². The van der Waals surface area contributed by atoms with E-state index in [4.69, 9.17) is 33.2 Å². The number of hydrogen-bond acceptors (Lipinski definition) is 14. The van der Waals surface area contributed by atoms with Crippen LogP contribution in [0, 0.1) is 5.92 Å². The lowest BCUT2D eigenvalue weighted by Gasteiger charge is -2.51. The Kier molecular flexibility index (Phi) is 13.6. The van der Waals surface area contributed by atoms with Crippen LogP contribution in [0.25, 0.3) is 0 Å². The van der Waals surface area contributed by atoms with E-state index in [1.807, 2.05) is 60.7 Å². The molecule has 5 fully saturated rings. The molecule has 16 heteroatoms. The first-order valence-electron chi connectivity index (χ1n) is 20.0. The van der Waals surface area contributed by atoms with Gasteiger partial charge in [-0.1, -0.05) is 92.8 Å². The highest BCUT2D eigenvalue weighted by molar-refractivity contribution is 5.87. The molecule has 57 heavy (non-hydrogen) atoms. The standard InChI is InChI=1S/C41H55NO15/c1-41-36(47)31(44)32(45)40(57-41)56-34-25(17-18-51-27(34)20-42-37(48)29(23-13-7-3-8-14-23)24-15-9-4-10-16-24)54-39-33(46)35(30(43)28(55-39)21-52-41)53-26(38(49)50)19-22-11-5-2-6-12-22/h3-4,7-10,13-16,22,25-36,39-40,43-47H,2,5-6,11-12,17-21H2,1H3,(H,42,48)(H,49,50). The van der Waals surface area contributed by atoms with Gasteiger partial charge in [0.2, 0.25) is 5.91 Å². The molecule has 0 spiro atoms. The Bertz CT molecular complexity index is 1580. The maximum absolute atomic E-state index is 14.0. The Hall–Kier alpha value is -3.10. The summed E-state index contributed by atoms with van der Waals surface area (Å²) in [6.07, 6.45) is -13.9. The van der Waals surface area contributed by atoms with Gasteiger partial charge in [-0.2, -0.15) is 0 Å². The maximum Gasteiger partial charge on any atom is 0.332 e. The summed E-state index contributed by atoms with van der Waals surface area (Å²) in [4.78, 5) is 26.5. The van der Waals surface area contributed by atoms with Crippen molar-refractivity contribution in [3.8, 4) is 0 Å². The first kappa shape index (κ1) is 42.0. The quantitative estimate of drug-likeness (QED) is 0.177. The molecule has 0 aromatic heterocycles. The highest BCUT2D eigenvalue weighted by atomic mass is 16.8. The van der Waals surface area contributed by atoms with Gasteiger partial charge in [0.1, 0.15) is 54.9 Å². The van der Waals surface area contributed by atoms with Crippen molar-refractivity contribution >= 4 is 11.9 Å². The van der Waals surface area contributed by atoms with Crippen LogP contribution < -0.4 is 5.32 Å². The van der Waals surface area contributed by atoms with Gasteiger partial charge in [-0.05, 0) is 36.8 Å². The molecule has 2 aromatic carbocycles. The zero-order valence-electron chi connectivity index (χ0n) is 31.9. The Balaban J connectivity index is 1.16. The maximum atomic E-state index is 14.0. The van der Waals surface area contributed by atoms with Crippen molar-refractivity contribution in [3.05, 3.63) is 71.8 Å². The molecule has 4 saturated heterocycles. The molecule has 4 bridgehead atoms. The molecule has 1 aliphatic carbocycles. The molecule has 314 valence electrons. The summed E-state index contributed by atoms with van der Waals surface area (Å²) in [5, 5.41) is 69.5. The normalized spacial score (nSPS) is 38.2. The molecule has 14 atom stereocenters. The second-order valence-corrected chi connectivity index (χ2v) is 15.9. The number of hydrogen-bond donors (Lipinski definition) is 7. The second-order valence-electron chi connectivity index (χ2n) is 15.9. The fourth-order valence-electron chi connectivity index (χ4n) is 8.69. The molecule has 14 unspecified atom stereocenters. The zero-order valence-corrected chi connectivity index (χ0v) is 31.9. The molecule has 1 saturated carbocycles. The van der Waals surface area contributed by atoms with E-state index in [9.17, 15) is 40.2 Å². The van der Waals surface area contributed by atoms with Crippen LogP contribution in [0.5, 0.6) is 0 Å². The zero-order chi connectivity index (χ0) is 40.3. The summed E-state index contributed by atoms with van der Waals surface area (Å²) in [6, 6.07) is 18.6. The molecule has 2 aromatic rings. The topological polar surface area (TPSA) is 232 Å². The molecule has 5 aliphatic rings. The number of aliphatic carboxylic acids is 1. The number of rotatable bonds is 10. The van der Waals surface area contributed by atoms with E-state index < -0.39 is 104 Å². The van der Waals surface area contributed by atoms with E-state index in [-0.39, 0.29) is 37.8 Å². The number of carboxylic acid groups (broad SMARTS) is 1. The third kappa shape index (κ3) is 9.38. The molecule has 16 nitrogen and oxygen atoms in total. The van der Waals surface area contributed by atoms with Crippen LogP contribution in [0.1, 0.15) is 68.9 Å². The van der Waals surface area contributed by atoms with E-state index in [1.165, 1.54) is 6.92 Å². The van der Waals surface area contributed by atoms with E-state index in [0.29, 0.717) is 0 Å². The van der Waals surface area contributed by atoms with Gasteiger partial charge >= 0.3 is 5.97 Å². The first-order chi connectivity index (χ1) is 27.4. The highest BCUT2D eigenvalue weighted by Crippen LogP contribution is 2.38. The van der Waals surface area contributed by atoms with Gasteiger partial charge in [-0.25, -0.2) is 4.79 Å². The monoisotopic (exact) mass is 801 g/mol. The molecular formula is C41H55NO15. The Morgan fingerprint density at radius 1 is 0.807 bits per heavy atom. The third-order valence-corrected chi connectivity index (χ3v) is 12.0. The predicted octanol–water partition coefficient (Wildman–Crippen LogP) is 0.935. The lowest BCUT2D eigenvalue weighted by molar-refractivity contribution is -0.425. The number of carbonyl (C=O) groups is 2. The highest BCUT2D eigenvalue weighted by Gasteiger charge is 2.57. The van der Waals surface area contributed by atoms with E-state index in [1.54, 1.807) is 0 Å². The minimum atomic E-state index is -2.02. The van der Waals surface area contributed by atoms with Crippen LogP contribution in [0.3, 0.4) is 0 Å². The third-order valence-electron chi connectivity index (χ3n) is 12.0. The minimum absolute atomic E-state index is 0.103. The van der Waals surface area contributed by atoms with Crippen LogP contribution in [0.15, 0.2) is 60.7 Å². The molecule has 4 aliphatic heterocycles. The number of carboxylic acids is 1. The molecule has 7 N–H and O–H groups in total. The van der Waals surface area contributed by atoms with Crippen molar-refractivity contribution < 1.29 is 73.4 Å². The number of aliphatic hydroxyl groups is 5. The number of amides is 1. The predicted molar refractivity (Wildman–Crippen MR) is 197 cm³/mol. The molecule has 0 radical (unpaired) electrons. The van der Waals surface area contributed by atoms with Crippen molar-refractivity contribution in [2.45, 2.75) is 143 Å². The summed E-state index contributed by atoms with van der Waals surface area (Å²) in [5.41, 5.74) is 1.53. The summed E-state index contributed by atoms with van der Waals surface area (Å²) in [7, 11) is 0. The van der Waals surface area contributed by atoms with Gasteiger partial charge in [0.25, 0.3) is 0 Å². The Morgan fingerprint density at radius 2 is 1.46 bits per heavy atom. The second kappa shape index (κ2) is 18.4. The molecule has 4 heterocycles. The average Bonchev–Trinajstić information content (AvgIpc) is 3.21. The first-order valence-corrected chi connectivity index (χ1v) is 20.0. The van der Waals surface area contributed by atoms with E-state index >= 15 is 0 Å². The lowest BCUT2D eigenvalue weighted by Crippen LogP contribution is -2.68. The number of nitrogens with one attached hydrogen (secondary N) is 1. The minimum Gasteiger partial charge on any atom is -0.479 e. The van der Waals surface area contributed by atoms with Crippen molar-refractivity contribution in [2.75, 3.05) is 19.8 Å². The van der Waals surface area contributed by atoms with Crippen LogP contribution >= 0.6 is 0 Å².